The first-order chi connectivity index (χ1) is 10.2. The van der Waals surface area contributed by atoms with Crippen molar-refractivity contribution in [2.45, 2.75) is 25.9 Å². The molecule has 3 heteroatoms. The summed E-state index contributed by atoms with van der Waals surface area (Å²) in [6, 6.07) is 20.2. The number of carbonyl (C=O) groups is 1. The molecule has 21 heavy (non-hydrogen) atoms. The molecule has 1 aliphatic heterocycles. The van der Waals surface area contributed by atoms with Gasteiger partial charge in [-0.3, -0.25) is 14.7 Å². The maximum absolute atomic E-state index is 12.1. The molecular formula is C18H18N2O. The van der Waals surface area contributed by atoms with Crippen molar-refractivity contribution in [1.29, 1.82) is 0 Å². The van der Waals surface area contributed by atoms with Crippen molar-refractivity contribution in [2.24, 2.45) is 4.99 Å². The van der Waals surface area contributed by atoms with E-state index in [9.17, 15) is 4.79 Å². The zero-order chi connectivity index (χ0) is 14.8. The summed E-state index contributed by atoms with van der Waals surface area (Å²) in [6.45, 7) is 3.50. The second-order valence-electron chi connectivity index (χ2n) is 5.28. The molecular weight excluding hydrogens is 260 g/mol. The van der Waals surface area contributed by atoms with E-state index in [2.05, 4.69) is 24.3 Å². The monoisotopic (exact) mass is 278 g/mol. The van der Waals surface area contributed by atoms with Gasteiger partial charge in [0, 0.05) is 6.92 Å². The maximum atomic E-state index is 12.1. The lowest BCUT2D eigenvalue weighted by Gasteiger charge is -2.27. The second-order valence-corrected chi connectivity index (χ2v) is 5.28. The van der Waals surface area contributed by atoms with Crippen molar-refractivity contribution in [2.75, 3.05) is 0 Å². The van der Waals surface area contributed by atoms with Gasteiger partial charge in [-0.1, -0.05) is 60.7 Å². The first-order valence-corrected chi connectivity index (χ1v) is 7.12. The molecule has 0 spiro atoms. The first-order valence-electron chi connectivity index (χ1n) is 7.12. The fourth-order valence-corrected chi connectivity index (χ4v) is 2.99. The van der Waals surface area contributed by atoms with Gasteiger partial charge in [-0.2, -0.15) is 0 Å². The number of hydrogen-bond donors (Lipinski definition) is 0. The fraction of sp³-hybridized carbons (Fsp3) is 0.222. The summed E-state index contributed by atoms with van der Waals surface area (Å²) in [5.74, 6) is 0.814. The average molecular weight is 278 g/mol. The van der Waals surface area contributed by atoms with Crippen LogP contribution >= 0.6 is 0 Å². The van der Waals surface area contributed by atoms with Crippen molar-refractivity contribution >= 4 is 11.7 Å². The summed E-state index contributed by atoms with van der Waals surface area (Å²) >= 11 is 0. The summed E-state index contributed by atoms with van der Waals surface area (Å²) in [6.07, 6.45) is 0. The molecule has 0 N–H and O–H groups in total. The third-order valence-electron chi connectivity index (χ3n) is 3.87. The lowest BCUT2D eigenvalue weighted by Crippen LogP contribution is -2.34. The molecule has 2 aromatic carbocycles. The van der Waals surface area contributed by atoms with Crippen LogP contribution in [-0.4, -0.2) is 16.6 Å². The number of nitrogens with zero attached hydrogens (tertiary/aromatic N) is 2. The van der Waals surface area contributed by atoms with Gasteiger partial charge in [-0.15, -0.1) is 0 Å². The van der Waals surface area contributed by atoms with Crippen LogP contribution in [-0.2, 0) is 4.79 Å². The fourth-order valence-electron chi connectivity index (χ4n) is 2.99. The third-order valence-corrected chi connectivity index (χ3v) is 3.87. The molecule has 106 valence electrons. The lowest BCUT2D eigenvalue weighted by atomic mass is 9.94. The number of benzene rings is 2. The highest BCUT2D eigenvalue weighted by molar-refractivity contribution is 5.98. The molecule has 1 heterocycles. The van der Waals surface area contributed by atoms with Gasteiger partial charge < -0.3 is 0 Å². The summed E-state index contributed by atoms with van der Waals surface area (Å²) in [7, 11) is 0. The van der Waals surface area contributed by atoms with Gasteiger partial charge in [0.2, 0.25) is 5.91 Å². The van der Waals surface area contributed by atoms with Crippen LogP contribution < -0.4 is 0 Å². The van der Waals surface area contributed by atoms with E-state index < -0.39 is 0 Å². The molecule has 0 saturated heterocycles. The largest absolute Gasteiger partial charge is 0.291 e. The van der Waals surface area contributed by atoms with E-state index in [4.69, 9.17) is 4.99 Å². The Hall–Kier alpha value is -2.42. The van der Waals surface area contributed by atoms with Crippen LogP contribution in [0, 0.1) is 0 Å². The van der Waals surface area contributed by atoms with Gasteiger partial charge in [0.05, 0.1) is 6.04 Å². The van der Waals surface area contributed by atoms with Crippen LogP contribution in [0.15, 0.2) is 65.7 Å². The molecule has 0 fully saturated rings. The normalized spacial score (nSPS) is 21.2. The van der Waals surface area contributed by atoms with Gasteiger partial charge in [0.25, 0.3) is 0 Å². The standard InChI is InChI=1S/C18H18N2O/c1-13-19-17(15-9-5-3-6-10-15)18(20(13)14(2)21)16-11-7-4-8-12-16/h3-12,17-18H,1-2H3/t17-,18-/m1/s1. The molecule has 0 saturated carbocycles. The first kappa shape index (κ1) is 13.6. The van der Waals surface area contributed by atoms with Crippen LogP contribution in [0.4, 0.5) is 0 Å². The molecule has 1 aliphatic rings. The van der Waals surface area contributed by atoms with Crippen LogP contribution in [0.25, 0.3) is 0 Å². The van der Waals surface area contributed by atoms with Crippen molar-refractivity contribution in [3.05, 3.63) is 71.8 Å². The smallest absolute Gasteiger partial charge is 0.225 e. The summed E-state index contributed by atoms with van der Waals surface area (Å²) in [5, 5.41) is 0. The second kappa shape index (κ2) is 5.52. The van der Waals surface area contributed by atoms with E-state index in [1.165, 1.54) is 0 Å². The predicted molar refractivity (Wildman–Crippen MR) is 84.0 cm³/mol. The van der Waals surface area contributed by atoms with Crippen LogP contribution in [0.5, 0.6) is 0 Å². The maximum Gasteiger partial charge on any atom is 0.225 e. The number of amidine groups is 1. The minimum atomic E-state index is -0.0638. The van der Waals surface area contributed by atoms with Gasteiger partial charge in [-0.25, -0.2) is 0 Å². The Bertz CT molecular complexity index is 664. The molecule has 0 aromatic heterocycles. The highest BCUT2D eigenvalue weighted by Crippen LogP contribution is 2.41. The Balaban J connectivity index is 2.08. The number of carbonyl (C=O) groups excluding carboxylic acids is 1. The van der Waals surface area contributed by atoms with Crippen molar-refractivity contribution in [3.8, 4) is 0 Å². The van der Waals surface area contributed by atoms with Gasteiger partial charge in [0.15, 0.2) is 0 Å². The molecule has 2 aromatic rings. The number of hydrogen-bond acceptors (Lipinski definition) is 2. The molecule has 3 nitrogen and oxygen atoms in total. The zero-order valence-corrected chi connectivity index (χ0v) is 12.2. The molecule has 0 bridgehead atoms. The molecule has 0 radical (unpaired) electrons. The summed E-state index contributed by atoms with van der Waals surface area (Å²) in [4.78, 5) is 18.6. The van der Waals surface area contributed by atoms with Crippen molar-refractivity contribution in [1.82, 2.24) is 4.90 Å². The van der Waals surface area contributed by atoms with E-state index in [0.29, 0.717) is 0 Å². The van der Waals surface area contributed by atoms with Crippen molar-refractivity contribution in [3.63, 3.8) is 0 Å². The lowest BCUT2D eigenvalue weighted by molar-refractivity contribution is -0.126. The Morgan fingerprint density at radius 1 is 0.952 bits per heavy atom. The SMILES string of the molecule is CC(=O)N1C(C)=N[C@H](c2ccccc2)[C@H]1c1ccccc1. The third kappa shape index (κ3) is 2.47. The van der Waals surface area contributed by atoms with Gasteiger partial charge in [0.1, 0.15) is 11.9 Å². The molecule has 1 amide bonds. The quantitative estimate of drug-likeness (QED) is 0.823. The van der Waals surface area contributed by atoms with E-state index in [-0.39, 0.29) is 18.0 Å². The minimum Gasteiger partial charge on any atom is -0.291 e. The summed E-state index contributed by atoms with van der Waals surface area (Å²) < 4.78 is 0. The minimum absolute atomic E-state index is 0.0311. The van der Waals surface area contributed by atoms with Crippen LogP contribution in [0.2, 0.25) is 0 Å². The van der Waals surface area contributed by atoms with Gasteiger partial charge >= 0.3 is 0 Å². The summed E-state index contributed by atoms with van der Waals surface area (Å²) in [5.41, 5.74) is 2.25. The van der Waals surface area contributed by atoms with E-state index >= 15 is 0 Å². The average Bonchev–Trinajstić information content (AvgIpc) is 2.86. The van der Waals surface area contributed by atoms with E-state index in [1.54, 1.807) is 11.8 Å². The van der Waals surface area contributed by atoms with E-state index in [0.717, 1.165) is 17.0 Å². The number of rotatable bonds is 2. The Morgan fingerprint density at radius 2 is 1.48 bits per heavy atom. The topological polar surface area (TPSA) is 32.7 Å². The predicted octanol–water partition coefficient (Wildman–Crippen LogP) is 3.75. The van der Waals surface area contributed by atoms with Gasteiger partial charge in [-0.05, 0) is 18.1 Å². The molecule has 0 aliphatic carbocycles. The molecule has 0 unspecified atom stereocenters. The highest BCUT2D eigenvalue weighted by atomic mass is 16.2. The Kier molecular flexibility index (Phi) is 3.57. The number of amides is 1. The van der Waals surface area contributed by atoms with Crippen LogP contribution in [0.3, 0.4) is 0 Å². The Morgan fingerprint density at radius 3 is 2.00 bits per heavy atom. The number of aliphatic imine (C=N–C) groups is 1. The van der Waals surface area contributed by atoms with E-state index in [1.807, 2.05) is 43.3 Å². The molecule has 3 rings (SSSR count). The van der Waals surface area contributed by atoms with Crippen molar-refractivity contribution < 1.29 is 4.79 Å². The Labute approximate surface area is 124 Å². The molecule has 2 atom stereocenters. The van der Waals surface area contributed by atoms with Crippen LogP contribution in [0.1, 0.15) is 37.1 Å². The highest BCUT2D eigenvalue weighted by Gasteiger charge is 2.38. The zero-order valence-electron chi connectivity index (χ0n) is 12.2.